The molecule has 1 atom stereocenters. The van der Waals surface area contributed by atoms with Crippen molar-refractivity contribution in [2.45, 2.75) is 6.42 Å². The summed E-state index contributed by atoms with van der Waals surface area (Å²) >= 11 is 0. The van der Waals surface area contributed by atoms with E-state index in [-0.39, 0.29) is 17.8 Å². The molecular formula is C19H20N6O. The number of hydrogen-bond donors (Lipinski definition) is 1. The summed E-state index contributed by atoms with van der Waals surface area (Å²) in [4.78, 5) is 29.7. The van der Waals surface area contributed by atoms with E-state index >= 15 is 0 Å². The zero-order chi connectivity index (χ0) is 18.1. The fraction of sp³-hybridized carbons (Fsp3) is 0.263. The van der Waals surface area contributed by atoms with Gasteiger partial charge in [-0.25, -0.2) is 4.98 Å². The molecular weight excluding hydrogens is 328 g/mol. The summed E-state index contributed by atoms with van der Waals surface area (Å²) in [5.41, 5.74) is 8.18. The van der Waals surface area contributed by atoms with Gasteiger partial charge in [0.2, 0.25) is 11.9 Å². The molecule has 1 aromatic carbocycles. The third-order valence-corrected chi connectivity index (χ3v) is 4.76. The number of fused-ring (bicyclic) bond motifs is 1. The first-order chi connectivity index (χ1) is 12.6. The van der Waals surface area contributed by atoms with Crippen molar-refractivity contribution in [3.63, 3.8) is 0 Å². The number of nitrogen functional groups attached to an aromatic ring is 1. The van der Waals surface area contributed by atoms with E-state index in [9.17, 15) is 4.79 Å². The van der Waals surface area contributed by atoms with Gasteiger partial charge < -0.3 is 15.5 Å². The molecule has 132 valence electrons. The van der Waals surface area contributed by atoms with Crippen molar-refractivity contribution in [3.05, 3.63) is 48.7 Å². The molecule has 0 radical (unpaired) electrons. The Morgan fingerprint density at radius 2 is 2.00 bits per heavy atom. The highest BCUT2D eigenvalue weighted by atomic mass is 16.2. The molecule has 26 heavy (non-hydrogen) atoms. The molecule has 0 bridgehead atoms. The molecule has 3 aromatic rings. The van der Waals surface area contributed by atoms with Crippen molar-refractivity contribution in [3.8, 4) is 0 Å². The van der Waals surface area contributed by atoms with Gasteiger partial charge in [-0.2, -0.15) is 4.98 Å². The molecule has 3 heterocycles. The van der Waals surface area contributed by atoms with Gasteiger partial charge in [-0.3, -0.25) is 9.78 Å². The zero-order valence-electron chi connectivity index (χ0n) is 14.5. The maximum atomic E-state index is 12.9. The van der Waals surface area contributed by atoms with Crippen LogP contribution in [0.5, 0.6) is 0 Å². The molecule has 1 saturated heterocycles. The summed E-state index contributed by atoms with van der Waals surface area (Å²) in [5, 5.41) is 0. The Kier molecular flexibility index (Phi) is 4.12. The summed E-state index contributed by atoms with van der Waals surface area (Å²) in [7, 11) is 1.82. The standard InChI is InChI=1S/C19H20N6O/c1-24(14-6-3-2-4-7-14)18(26)13-9-11-25(12-13)17-16-15(8-5-10-21-16)22-19(20)23-17/h2-8,10,13H,9,11-12H2,1H3,(H2,20,22,23)/t13-/m0/s1. The largest absolute Gasteiger partial charge is 0.368 e. The second kappa shape index (κ2) is 6.59. The fourth-order valence-electron chi connectivity index (χ4n) is 3.40. The lowest BCUT2D eigenvalue weighted by Gasteiger charge is -2.22. The Bertz CT molecular complexity index is 945. The van der Waals surface area contributed by atoms with Gasteiger partial charge in [0.15, 0.2) is 5.82 Å². The highest BCUT2D eigenvalue weighted by Gasteiger charge is 2.32. The molecule has 2 N–H and O–H groups in total. The maximum absolute atomic E-state index is 12.9. The second-order valence-electron chi connectivity index (χ2n) is 6.44. The van der Waals surface area contributed by atoms with Crippen LogP contribution in [-0.2, 0) is 4.79 Å². The van der Waals surface area contributed by atoms with E-state index in [2.05, 4.69) is 19.9 Å². The lowest BCUT2D eigenvalue weighted by Crippen LogP contribution is -2.34. The molecule has 7 nitrogen and oxygen atoms in total. The van der Waals surface area contributed by atoms with Gasteiger partial charge in [0.1, 0.15) is 5.52 Å². The van der Waals surface area contributed by atoms with Crippen molar-refractivity contribution in [2.24, 2.45) is 5.92 Å². The molecule has 0 unspecified atom stereocenters. The van der Waals surface area contributed by atoms with E-state index in [1.165, 1.54) is 0 Å². The van der Waals surface area contributed by atoms with Gasteiger partial charge in [-0.1, -0.05) is 18.2 Å². The van der Waals surface area contributed by atoms with Gasteiger partial charge >= 0.3 is 0 Å². The molecule has 4 rings (SSSR count). The number of nitrogens with two attached hydrogens (primary N) is 1. The number of hydrogen-bond acceptors (Lipinski definition) is 6. The monoisotopic (exact) mass is 348 g/mol. The van der Waals surface area contributed by atoms with E-state index in [1.807, 2.05) is 49.5 Å². The van der Waals surface area contributed by atoms with Crippen LogP contribution < -0.4 is 15.5 Å². The number of benzene rings is 1. The lowest BCUT2D eigenvalue weighted by molar-refractivity contribution is -0.121. The normalized spacial score (nSPS) is 16.8. The minimum atomic E-state index is -0.0878. The first-order valence-corrected chi connectivity index (χ1v) is 8.59. The van der Waals surface area contributed by atoms with Crippen LogP contribution in [0.25, 0.3) is 11.0 Å². The van der Waals surface area contributed by atoms with Crippen LogP contribution in [0, 0.1) is 5.92 Å². The Balaban J connectivity index is 1.57. The number of carbonyl (C=O) groups is 1. The SMILES string of the molecule is CN(C(=O)[C@H]1CCN(c2nc(N)nc3cccnc23)C1)c1ccccc1. The van der Waals surface area contributed by atoms with Crippen molar-refractivity contribution < 1.29 is 4.79 Å². The second-order valence-corrected chi connectivity index (χ2v) is 6.44. The maximum Gasteiger partial charge on any atom is 0.231 e. The van der Waals surface area contributed by atoms with Crippen LogP contribution >= 0.6 is 0 Å². The quantitative estimate of drug-likeness (QED) is 0.780. The van der Waals surface area contributed by atoms with Crippen LogP contribution in [0.1, 0.15) is 6.42 Å². The predicted molar refractivity (Wildman–Crippen MR) is 102 cm³/mol. The Morgan fingerprint density at radius 1 is 1.19 bits per heavy atom. The van der Waals surface area contributed by atoms with E-state index in [0.717, 1.165) is 18.7 Å². The number of anilines is 3. The van der Waals surface area contributed by atoms with Gasteiger partial charge in [-0.05, 0) is 30.7 Å². The average molecular weight is 348 g/mol. The summed E-state index contributed by atoms with van der Waals surface area (Å²) in [5.74, 6) is 0.940. The third kappa shape index (κ3) is 2.92. The molecule has 1 aliphatic rings. The minimum absolute atomic E-state index is 0.0878. The van der Waals surface area contributed by atoms with Crippen LogP contribution in [-0.4, -0.2) is 41.0 Å². The zero-order valence-corrected chi connectivity index (χ0v) is 14.5. The number of amides is 1. The van der Waals surface area contributed by atoms with E-state index in [1.54, 1.807) is 11.1 Å². The van der Waals surface area contributed by atoms with Gasteiger partial charge in [-0.15, -0.1) is 0 Å². The number of aromatic nitrogens is 3. The van der Waals surface area contributed by atoms with E-state index < -0.39 is 0 Å². The number of carbonyl (C=O) groups excluding carboxylic acids is 1. The minimum Gasteiger partial charge on any atom is -0.368 e. The van der Waals surface area contributed by atoms with Crippen LogP contribution in [0.3, 0.4) is 0 Å². The van der Waals surface area contributed by atoms with E-state index in [4.69, 9.17) is 5.73 Å². The number of pyridine rings is 1. The van der Waals surface area contributed by atoms with Crippen LogP contribution in [0.4, 0.5) is 17.5 Å². The molecule has 0 aliphatic carbocycles. The van der Waals surface area contributed by atoms with Crippen molar-refractivity contribution in [2.75, 3.05) is 35.7 Å². The van der Waals surface area contributed by atoms with Crippen LogP contribution in [0.15, 0.2) is 48.7 Å². The van der Waals surface area contributed by atoms with Gasteiger partial charge in [0.25, 0.3) is 0 Å². The van der Waals surface area contributed by atoms with Crippen LogP contribution in [0.2, 0.25) is 0 Å². The average Bonchev–Trinajstić information content (AvgIpc) is 3.17. The molecule has 7 heteroatoms. The summed E-state index contributed by atoms with van der Waals surface area (Å²) < 4.78 is 0. The van der Waals surface area contributed by atoms with Crippen molar-refractivity contribution >= 4 is 34.4 Å². The number of para-hydroxylation sites is 1. The molecule has 0 saturated carbocycles. The van der Waals surface area contributed by atoms with Gasteiger partial charge in [0, 0.05) is 32.0 Å². The van der Waals surface area contributed by atoms with Gasteiger partial charge in [0.05, 0.1) is 11.4 Å². The van der Waals surface area contributed by atoms with Crippen molar-refractivity contribution in [1.82, 2.24) is 15.0 Å². The Morgan fingerprint density at radius 3 is 2.81 bits per heavy atom. The summed E-state index contributed by atoms with van der Waals surface area (Å²) in [6, 6.07) is 13.4. The first kappa shape index (κ1) is 16.3. The highest BCUT2D eigenvalue weighted by molar-refractivity contribution is 5.95. The highest BCUT2D eigenvalue weighted by Crippen LogP contribution is 2.29. The molecule has 2 aromatic heterocycles. The number of rotatable bonds is 3. The predicted octanol–water partition coefficient (Wildman–Crippen LogP) is 2.10. The topological polar surface area (TPSA) is 88.2 Å². The summed E-state index contributed by atoms with van der Waals surface area (Å²) in [6.07, 6.45) is 2.49. The molecule has 1 aliphatic heterocycles. The molecule has 0 spiro atoms. The van der Waals surface area contributed by atoms with E-state index in [0.29, 0.717) is 23.4 Å². The smallest absolute Gasteiger partial charge is 0.231 e. The number of nitrogens with zero attached hydrogens (tertiary/aromatic N) is 5. The summed E-state index contributed by atoms with van der Waals surface area (Å²) in [6.45, 7) is 1.33. The molecule has 1 fully saturated rings. The fourth-order valence-corrected chi connectivity index (χ4v) is 3.40. The third-order valence-electron chi connectivity index (χ3n) is 4.76. The van der Waals surface area contributed by atoms with Crippen molar-refractivity contribution in [1.29, 1.82) is 0 Å². The Labute approximate surface area is 151 Å². The lowest BCUT2D eigenvalue weighted by atomic mass is 10.1. The first-order valence-electron chi connectivity index (χ1n) is 8.59. The Hall–Kier alpha value is -3.22. The molecule has 1 amide bonds.